The first-order valence-corrected chi connectivity index (χ1v) is 5.12. The average Bonchev–Trinajstić information content (AvgIpc) is 2.63. The molecule has 0 N–H and O–H groups in total. The summed E-state index contributed by atoms with van der Waals surface area (Å²) in [6, 6.07) is 6.04. The number of aryl methyl sites for hydroxylation is 3. The summed E-state index contributed by atoms with van der Waals surface area (Å²) in [7, 11) is 0. The van der Waals surface area contributed by atoms with Gasteiger partial charge < -0.3 is 4.52 Å². The molecule has 0 saturated carbocycles. The number of aromatic nitrogens is 1. The predicted molar refractivity (Wildman–Crippen MR) is 61.5 cm³/mol. The molecule has 2 rings (SSSR count). The predicted octanol–water partition coefficient (Wildman–Crippen LogP) is 3.08. The molecule has 1 heterocycles. The number of carbonyl (C=O) groups is 1. The molecule has 0 aliphatic rings. The third kappa shape index (κ3) is 1.65. The number of hydrogen-bond acceptors (Lipinski definition) is 3. The lowest BCUT2D eigenvalue weighted by Crippen LogP contribution is -1.88. The van der Waals surface area contributed by atoms with E-state index >= 15 is 0 Å². The Balaban J connectivity index is 2.66. The first kappa shape index (κ1) is 10.6. The van der Waals surface area contributed by atoms with E-state index in [-0.39, 0.29) is 0 Å². The quantitative estimate of drug-likeness (QED) is 0.723. The molecule has 0 aliphatic heterocycles. The summed E-state index contributed by atoms with van der Waals surface area (Å²) in [5.41, 5.74) is 4.30. The molecule has 0 fully saturated rings. The molecular formula is C13H13NO2. The van der Waals surface area contributed by atoms with Gasteiger partial charge in [0.2, 0.25) is 0 Å². The maximum absolute atomic E-state index is 11.0. The van der Waals surface area contributed by atoms with Crippen molar-refractivity contribution in [2.45, 2.75) is 20.8 Å². The Bertz CT molecular complexity index is 541. The fraction of sp³-hybridized carbons (Fsp3) is 0.231. The van der Waals surface area contributed by atoms with Gasteiger partial charge in [0.25, 0.3) is 0 Å². The van der Waals surface area contributed by atoms with Crippen molar-refractivity contribution in [1.82, 2.24) is 5.16 Å². The Hall–Kier alpha value is -1.90. The zero-order chi connectivity index (χ0) is 11.7. The molecule has 1 aromatic heterocycles. The number of benzene rings is 1. The summed E-state index contributed by atoms with van der Waals surface area (Å²) in [5, 5.41) is 3.83. The molecule has 0 radical (unpaired) electrons. The van der Waals surface area contributed by atoms with Crippen LogP contribution in [0.1, 0.15) is 27.2 Å². The lowest BCUT2D eigenvalue weighted by atomic mass is 10.0. The Morgan fingerprint density at radius 1 is 1.25 bits per heavy atom. The normalized spacial score (nSPS) is 10.4. The lowest BCUT2D eigenvalue weighted by molar-refractivity contribution is 0.112. The second kappa shape index (κ2) is 3.93. The van der Waals surface area contributed by atoms with Crippen LogP contribution in [0.15, 0.2) is 22.7 Å². The molecule has 0 amide bonds. The van der Waals surface area contributed by atoms with Crippen molar-refractivity contribution >= 4 is 6.29 Å². The fourth-order valence-corrected chi connectivity index (χ4v) is 1.69. The smallest absolute Gasteiger partial charge is 0.177 e. The molecular weight excluding hydrogens is 202 g/mol. The molecule has 0 aliphatic carbocycles. The average molecular weight is 215 g/mol. The topological polar surface area (TPSA) is 43.1 Å². The van der Waals surface area contributed by atoms with Gasteiger partial charge in [-0.1, -0.05) is 22.9 Å². The van der Waals surface area contributed by atoms with E-state index in [1.54, 1.807) is 6.92 Å². The Morgan fingerprint density at radius 3 is 2.69 bits per heavy atom. The Morgan fingerprint density at radius 2 is 2.00 bits per heavy atom. The van der Waals surface area contributed by atoms with Crippen molar-refractivity contribution in [2.24, 2.45) is 0 Å². The van der Waals surface area contributed by atoms with Crippen LogP contribution in [0, 0.1) is 20.8 Å². The summed E-state index contributed by atoms with van der Waals surface area (Å²) in [4.78, 5) is 11.0. The highest BCUT2D eigenvalue weighted by Crippen LogP contribution is 2.28. The molecule has 0 saturated heterocycles. The summed E-state index contributed by atoms with van der Waals surface area (Å²) < 4.78 is 5.23. The second-order valence-corrected chi connectivity index (χ2v) is 3.95. The Kier molecular flexibility index (Phi) is 2.60. The SMILES string of the molecule is Cc1ccc(C)c(-c2onc(C)c2C=O)c1. The molecule has 16 heavy (non-hydrogen) atoms. The van der Waals surface area contributed by atoms with E-state index in [1.807, 2.05) is 32.0 Å². The third-order valence-electron chi connectivity index (χ3n) is 2.66. The van der Waals surface area contributed by atoms with Crippen molar-refractivity contribution in [3.05, 3.63) is 40.6 Å². The van der Waals surface area contributed by atoms with Crippen LogP contribution in [0.3, 0.4) is 0 Å². The van der Waals surface area contributed by atoms with Crippen LogP contribution in [0.5, 0.6) is 0 Å². The van der Waals surface area contributed by atoms with E-state index in [1.165, 1.54) is 0 Å². The molecule has 3 heteroatoms. The number of aldehydes is 1. The minimum absolute atomic E-state index is 0.536. The van der Waals surface area contributed by atoms with E-state index in [4.69, 9.17) is 4.52 Å². The molecule has 0 unspecified atom stereocenters. The van der Waals surface area contributed by atoms with E-state index in [0.29, 0.717) is 17.0 Å². The van der Waals surface area contributed by atoms with E-state index in [2.05, 4.69) is 5.16 Å². The van der Waals surface area contributed by atoms with E-state index < -0.39 is 0 Å². The lowest BCUT2D eigenvalue weighted by Gasteiger charge is -2.03. The van der Waals surface area contributed by atoms with Crippen LogP contribution in [0.25, 0.3) is 11.3 Å². The monoisotopic (exact) mass is 215 g/mol. The highest BCUT2D eigenvalue weighted by Gasteiger charge is 2.15. The molecule has 1 aromatic carbocycles. The minimum atomic E-state index is 0.536. The number of carbonyl (C=O) groups excluding carboxylic acids is 1. The van der Waals surface area contributed by atoms with Gasteiger partial charge in [0.15, 0.2) is 12.0 Å². The van der Waals surface area contributed by atoms with Crippen molar-refractivity contribution in [3.8, 4) is 11.3 Å². The van der Waals surface area contributed by atoms with Crippen LogP contribution in [0.4, 0.5) is 0 Å². The maximum Gasteiger partial charge on any atom is 0.177 e. The Labute approximate surface area is 94.1 Å². The highest BCUT2D eigenvalue weighted by atomic mass is 16.5. The van der Waals surface area contributed by atoms with Gasteiger partial charge in [-0.05, 0) is 32.4 Å². The molecule has 3 nitrogen and oxygen atoms in total. The van der Waals surface area contributed by atoms with Gasteiger partial charge in [-0.2, -0.15) is 0 Å². The largest absolute Gasteiger partial charge is 0.355 e. The van der Waals surface area contributed by atoms with Crippen LogP contribution in [-0.4, -0.2) is 11.4 Å². The standard InChI is InChI=1S/C13H13NO2/c1-8-4-5-9(2)11(6-8)13-12(7-15)10(3)14-16-13/h4-7H,1-3H3. The molecule has 0 bridgehead atoms. The van der Waals surface area contributed by atoms with Gasteiger partial charge in [0.1, 0.15) is 0 Å². The first-order chi connectivity index (χ1) is 7.63. The first-order valence-electron chi connectivity index (χ1n) is 5.12. The minimum Gasteiger partial charge on any atom is -0.355 e. The maximum atomic E-state index is 11.0. The third-order valence-corrected chi connectivity index (χ3v) is 2.66. The van der Waals surface area contributed by atoms with Gasteiger partial charge in [-0.25, -0.2) is 0 Å². The summed E-state index contributed by atoms with van der Waals surface area (Å²) in [6.07, 6.45) is 0.795. The van der Waals surface area contributed by atoms with Gasteiger partial charge in [0, 0.05) is 5.56 Å². The van der Waals surface area contributed by atoms with Crippen molar-refractivity contribution < 1.29 is 9.32 Å². The van der Waals surface area contributed by atoms with E-state index in [9.17, 15) is 4.79 Å². The van der Waals surface area contributed by atoms with Crippen molar-refractivity contribution in [2.75, 3.05) is 0 Å². The van der Waals surface area contributed by atoms with Gasteiger partial charge in [-0.3, -0.25) is 4.79 Å². The van der Waals surface area contributed by atoms with E-state index in [0.717, 1.165) is 23.0 Å². The van der Waals surface area contributed by atoms with Crippen LogP contribution < -0.4 is 0 Å². The van der Waals surface area contributed by atoms with Gasteiger partial charge in [0.05, 0.1) is 11.3 Å². The second-order valence-electron chi connectivity index (χ2n) is 3.95. The van der Waals surface area contributed by atoms with Crippen molar-refractivity contribution in [3.63, 3.8) is 0 Å². The number of nitrogens with zero attached hydrogens (tertiary/aromatic N) is 1. The van der Waals surface area contributed by atoms with Crippen LogP contribution in [0.2, 0.25) is 0 Å². The zero-order valence-electron chi connectivity index (χ0n) is 9.57. The summed E-state index contributed by atoms with van der Waals surface area (Å²) in [6.45, 7) is 5.76. The zero-order valence-corrected chi connectivity index (χ0v) is 9.57. The molecule has 82 valence electrons. The summed E-state index contributed by atoms with van der Waals surface area (Å²) in [5.74, 6) is 0.564. The van der Waals surface area contributed by atoms with Gasteiger partial charge >= 0.3 is 0 Å². The fourth-order valence-electron chi connectivity index (χ4n) is 1.69. The van der Waals surface area contributed by atoms with Crippen LogP contribution in [-0.2, 0) is 0 Å². The van der Waals surface area contributed by atoms with Gasteiger partial charge in [-0.15, -0.1) is 0 Å². The molecule has 2 aromatic rings. The molecule has 0 spiro atoms. The number of rotatable bonds is 2. The van der Waals surface area contributed by atoms with Crippen molar-refractivity contribution in [1.29, 1.82) is 0 Å². The van der Waals surface area contributed by atoms with Crippen LogP contribution >= 0.6 is 0 Å². The molecule has 0 atom stereocenters. The summed E-state index contributed by atoms with van der Waals surface area (Å²) >= 11 is 0. The number of hydrogen-bond donors (Lipinski definition) is 0. The highest BCUT2D eigenvalue weighted by molar-refractivity contribution is 5.86.